The Morgan fingerprint density at radius 3 is 2.12 bits per heavy atom. The molecule has 2 aromatic rings. The lowest BCUT2D eigenvalue weighted by molar-refractivity contribution is -0.149. The van der Waals surface area contributed by atoms with Crippen molar-refractivity contribution >= 4 is 57.1 Å². The molecule has 3 rings (SSSR count). The molecule has 1 saturated heterocycles. The predicted molar refractivity (Wildman–Crippen MR) is 221 cm³/mol. The fourth-order valence-electron chi connectivity index (χ4n) is 6.87. The highest BCUT2D eigenvalue weighted by atomic mass is 32.2. The number of carboxylic acid groups (broad SMARTS) is 1. The highest BCUT2D eigenvalue weighted by Crippen LogP contribution is 2.26. The van der Waals surface area contributed by atoms with E-state index >= 15 is 0 Å². The molecule has 2 aromatic carbocycles. The summed E-state index contributed by atoms with van der Waals surface area (Å²) in [6, 6.07) is 5.27. The third-order valence-corrected chi connectivity index (χ3v) is 11.8. The molecular weight excluding hydrogens is 801 g/mol. The van der Waals surface area contributed by atoms with Gasteiger partial charge in [-0.05, 0) is 79.6 Å². The standard InChI is InChI=1S/C40H58N8O11S/c1-7-24(4)35(39(54)48-18-8-9-27(48)20-33(42)49)47(5)38(53)30(19-23(2)3)45-37(52)32(22-41)44-34(50)21-31(40(55)56)46-60(57,58)29-16-12-26(13-17-29)43-36(51)25-10-14-28(59-6)15-11-25/h10-17,23-24,27,30-32,35,46H,7-9,18-22,41H2,1-6H3,(H2,42,49)(H,43,51)(H,44,50)(H,45,52)(H,55,56)/t24-,27-,30-,31+,32-,35-/m0/s1. The van der Waals surface area contributed by atoms with Crippen LogP contribution in [-0.2, 0) is 38.8 Å². The number of carboxylic acids is 1. The van der Waals surface area contributed by atoms with E-state index in [-0.39, 0.29) is 47.2 Å². The molecule has 9 N–H and O–H groups in total. The molecule has 0 unspecified atom stereocenters. The van der Waals surface area contributed by atoms with Crippen molar-refractivity contribution in [3.8, 4) is 5.75 Å². The number of nitrogens with zero attached hydrogens (tertiary/aromatic N) is 2. The molecule has 1 aliphatic heterocycles. The van der Waals surface area contributed by atoms with Crippen molar-refractivity contribution in [1.29, 1.82) is 0 Å². The Hall–Kier alpha value is -5.60. The van der Waals surface area contributed by atoms with Crippen LogP contribution in [0.25, 0.3) is 0 Å². The van der Waals surface area contributed by atoms with Crippen molar-refractivity contribution in [2.24, 2.45) is 23.3 Å². The first-order valence-corrected chi connectivity index (χ1v) is 21.2. The molecule has 20 heteroatoms. The number of benzene rings is 2. The van der Waals surface area contributed by atoms with Crippen molar-refractivity contribution in [3.05, 3.63) is 54.1 Å². The van der Waals surface area contributed by atoms with Gasteiger partial charge in [0.05, 0.1) is 18.4 Å². The average molecular weight is 859 g/mol. The maximum atomic E-state index is 14.1. The van der Waals surface area contributed by atoms with Gasteiger partial charge in [-0.1, -0.05) is 34.1 Å². The van der Waals surface area contributed by atoms with Crippen molar-refractivity contribution in [2.45, 2.75) is 101 Å². The smallest absolute Gasteiger partial charge is 0.322 e. The van der Waals surface area contributed by atoms with Gasteiger partial charge in [0.2, 0.25) is 39.6 Å². The second-order valence-electron chi connectivity index (χ2n) is 15.2. The van der Waals surface area contributed by atoms with Gasteiger partial charge in [-0.3, -0.25) is 33.6 Å². The maximum absolute atomic E-state index is 14.1. The number of hydrogen-bond donors (Lipinski definition) is 7. The van der Waals surface area contributed by atoms with E-state index in [1.165, 1.54) is 31.2 Å². The van der Waals surface area contributed by atoms with Gasteiger partial charge < -0.3 is 47.1 Å². The van der Waals surface area contributed by atoms with Crippen LogP contribution in [-0.4, -0.2) is 122 Å². The van der Waals surface area contributed by atoms with Crippen LogP contribution in [0.15, 0.2) is 53.4 Å². The number of amides is 6. The molecule has 0 bridgehead atoms. The van der Waals surface area contributed by atoms with Crippen LogP contribution in [0.3, 0.4) is 0 Å². The third kappa shape index (κ3) is 13.5. The maximum Gasteiger partial charge on any atom is 0.322 e. The van der Waals surface area contributed by atoms with Gasteiger partial charge in [0.25, 0.3) is 5.91 Å². The highest BCUT2D eigenvalue weighted by molar-refractivity contribution is 7.89. The molecule has 19 nitrogen and oxygen atoms in total. The summed E-state index contributed by atoms with van der Waals surface area (Å²) in [7, 11) is -1.56. The summed E-state index contributed by atoms with van der Waals surface area (Å²) in [6.07, 6.45) is 1.02. The molecule has 1 aliphatic rings. The summed E-state index contributed by atoms with van der Waals surface area (Å²) in [5, 5.41) is 17.4. The van der Waals surface area contributed by atoms with Crippen LogP contribution in [0, 0.1) is 11.8 Å². The number of likely N-dealkylation sites (N-methyl/N-ethyl adjacent to an activating group) is 1. The molecule has 1 heterocycles. The number of sulfonamides is 1. The number of rotatable bonds is 22. The Bertz CT molecular complexity index is 1960. The molecule has 0 aliphatic carbocycles. The number of aliphatic carboxylic acids is 1. The quantitative estimate of drug-likeness (QED) is 0.0865. The van der Waals surface area contributed by atoms with E-state index in [1.807, 2.05) is 32.4 Å². The van der Waals surface area contributed by atoms with E-state index in [2.05, 4.69) is 16.0 Å². The number of anilines is 1. The number of nitrogens with two attached hydrogens (primary N) is 2. The second-order valence-corrected chi connectivity index (χ2v) is 17.0. The fraction of sp³-hybridized carbons (Fsp3) is 0.525. The van der Waals surface area contributed by atoms with Gasteiger partial charge in [0.1, 0.15) is 29.9 Å². The number of nitrogens with one attached hydrogen (secondary N) is 4. The van der Waals surface area contributed by atoms with Crippen LogP contribution in [0.1, 0.15) is 76.6 Å². The molecule has 330 valence electrons. The molecule has 60 heavy (non-hydrogen) atoms. The van der Waals surface area contributed by atoms with E-state index in [4.69, 9.17) is 16.2 Å². The van der Waals surface area contributed by atoms with Gasteiger partial charge in [0.15, 0.2) is 0 Å². The van der Waals surface area contributed by atoms with Crippen molar-refractivity contribution in [3.63, 3.8) is 0 Å². The number of primary amides is 1. The zero-order valence-electron chi connectivity index (χ0n) is 34.8. The molecule has 0 saturated carbocycles. The molecule has 0 radical (unpaired) electrons. The largest absolute Gasteiger partial charge is 0.497 e. The lowest BCUT2D eigenvalue weighted by Crippen LogP contribution is -2.60. The zero-order chi connectivity index (χ0) is 44.9. The molecule has 6 atom stereocenters. The van der Waals surface area contributed by atoms with Gasteiger partial charge in [-0.2, -0.15) is 4.72 Å². The number of methoxy groups -OCH3 is 1. The normalized spacial score (nSPS) is 16.5. The number of carbonyl (C=O) groups excluding carboxylic acids is 6. The summed E-state index contributed by atoms with van der Waals surface area (Å²) in [5.74, 6) is -5.36. The summed E-state index contributed by atoms with van der Waals surface area (Å²) in [4.78, 5) is 93.7. The van der Waals surface area contributed by atoms with Gasteiger partial charge in [-0.25, -0.2) is 8.42 Å². The third-order valence-electron chi connectivity index (χ3n) is 10.3. The monoisotopic (exact) mass is 858 g/mol. The first-order chi connectivity index (χ1) is 28.2. The molecule has 0 aromatic heterocycles. The summed E-state index contributed by atoms with van der Waals surface area (Å²) >= 11 is 0. The minimum atomic E-state index is -4.52. The Balaban J connectivity index is 1.69. The van der Waals surface area contributed by atoms with Gasteiger partial charge in [0, 0.05) is 43.9 Å². The lowest BCUT2D eigenvalue weighted by Gasteiger charge is -2.38. The number of hydrogen-bond acceptors (Lipinski definition) is 11. The summed E-state index contributed by atoms with van der Waals surface area (Å²) in [5.41, 5.74) is 11.8. The first kappa shape index (κ1) is 48.8. The molecular formula is C40H58N8O11S. The average Bonchev–Trinajstić information content (AvgIpc) is 3.66. The van der Waals surface area contributed by atoms with E-state index in [0.717, 1.165) is 12.1 Å². The summed E-state index contributed by atoms with van der Waals surface area (Å²) in [6.45, 7) is 7.30. The number of carbonyl (C=O) groups is 7. The van der Waals surface area contributed by atoms with E-state index in [0.29, 0.717) is 37.1 Å². The topological polar surface area (TPSA) is 290 Å². The molecule has 1 fully saturated rings. The van der Waals surface area contributed by atoms with Gasteiger partial charge >= 0.3 is 5.97 Å². The minimum Gasteiger partial charge on any atom is -0.497 e. The Labute approximate surface area is 350 Å². The minimum absolute atomic E-state index is 0.00307. The van der Waals surface area contributed by atoms with Crippen molar-refractivity contribution in [1.82, 2.24) is 25.2 Å². The first-order valence-electron chi connectivity index (χ1n) is 19.7. The van der Waals surface area contributed by atoms with E-state index in [9.17, 15) is 47.1 Å². The van der Waals surface area contributed by atoms with Crippen molar-refractivity contribution in [2.75, 3.05) is 32.6 Å². The predicted octanol–water partition coefficient (Wildman–Crippen LogP) is 0.783. The van der Waals surface area contributed by atoms with Crippen LogP contribution in [0.2, 0.25) is 0 Å². The van der Waals surface area contributed by atoms with Crippen molar-refractivity contribution < 1.29 is 51.8 Å². The van der Waals surface area contributed by atoms with Crippen LogP contribution < -0.4 is 36.9 Å². The lowest BCUT2D eigenvalue weighted by atomic mass is 9.94. The Morgan fingerprint density at radius 1 is 0.950 bits per heavy atom. The van der Waals surface area contributed by atoms with E-state index < -0.39 is 82.7 Å². The highest BCUT2D eigenvalue weighted by Gasteiger charge is 2.41. The fourth-order valence-corrected chi connectivity index (χ4v) is 8.06. The SMILES string of the molecule is CC[C@H](C)[C@@H](C(=O)N1CCC[C@H]1CC(N)=O)N(C)C(=O)[C@H](CC(C)C)NC(=O)[C@H](CN)NC(=O)C[C@@H](NS(=O)(=O)c1ccc(NC(=O)c2ccc(OC)cc2)cc1)C(=O)O. The zero-order valence-corrected chi connectivity index (χ0v) is 35.6. The second kappa shape index (κ2) is 22.1. The van der Waals surface area contributed by atoms with Crippen LogP contribution in [0.4, 0.5) is 5.69 Å². The van der Waals surface area contributed by atoms with E-state index in [1.54, 1.807) is 29.2 Å². The molecule has 0 spiro atoms. The Kier molecular flexibility index (Phi) is 18.0. The number of likely N-dealkylation sites (tertiary alicyclic amines) is 1. The molecule has 6 amide bonds. The Morgan fingerprint density at radius 2 is 1.58 bits per heavy atom. The van der Waals surface area contributed by atoms with Crippen LogP contribution in [0.5, 0.6) is 5.75 Å². The summed E-state index contributed by atoms with van der Waals surface area (Å²) < 4.78 is 33.4. The number of ether oxygens (including phenoxy) is 1. The van der Waals surface area contributed by atoms with Gasteiger partial charge in [-0.15, -0.1) is 0 Å². The van der Waals surface area contributed by atoms with Crippen LogP contribution >= 0.6 is 0 Å².